The maximum absolute atomic E-state index is 14.1. The Labute approximate surface area is 138 Å². The zero-order valence-electron chi connectivity index (χ0n) is 13.5. The molecule has 0 aliphatic heterocycles. The molecule has 2 aromatic heterocycles. The smallest absolute Gasteiger partial charge is 0.257 e. The van der Waals surface area contributed by atoms with Crippen LogP contribution in [0.25, 0.3) is 11.0 Å². The lowest BCUT2D eigenvalue weighted by atomic mass is 10.2. The monoisotopic (exact) mass is 329 g/mol. The third kappa shape index (κ3) is 2.88. The van der Waals surface area contributed by atoms with Crippen molar-refractivity contribution in [2.45, 2.75) is 0 Å². The zero-order valence-corrected chi connectivity index (χ0v) is 13.5. The number of anilines is 1. The summed E-state index contributed by atoms with van der Waals surface area (Å²) < 4.78 is 30.2. The molecule has 0 bridgehead atoms. The highest BCUT2D eigenvalue weighted by Crippen LogP contribution is 2.34. The Kier molecular flexibility index (Phi) is 4.33. The number of rotatable bonds is 5. The van der Waals surface area contributed by atoms with E-state index in [1.165, 1.54) is 20.3 Å². The summed E-state index contributed by atoms with van der Waals surface area (Å²) in [6.07, 6.45) is 1.56. The van der Waals surface area contributed by atoms with Crippen molar-refractivity contribution in [3.05, 3.63) is 42.3 Å². The van der Waals surface area contributed by atoms with Crippen LogP contribution in [0.15, 0.2) is 36.5 Å². The van der Waals surface area contributed by atoms with E-state index >= 15 is 0 Å². The maximum Gasteiger partial charge on any atom is 0.257 e. The number of ether oxygens (including phenoxy) is 3. The summed E-state index contributed by atoms with van der Waals surface area (Å²) in [6.45, 7) is 0. The molecule has 0 amide bonds. The Morgan fingerprint density at radius 1 is 1.00 bits per heavy atom. The summed E-state index contributed by atoms with van der Waals surface area (Å²) in [4.78, 5) is 8.59. The lowest BCUT2D eigenvalue weighted by Gasteiger charge is -2.12. The predicted molar refractivity (Wildman–Crippen MR) is 88.7 cm³/mol. The number of nitrogens with one attached hydrogen (secondary N) is 1. The molecule has 1 aromatic carbocycles. The van der Waals surface area contributed by atoms with E-state index < -0.39 is 5.82 Å². The standard InChI is InChI=1S/C17H16FN3O3/c1-19-10-4-5-13(11(18)8-10)24-14-6-7-20-12-9-15(22-2)17(23-3)21-16(12)14/h4-9,19H,1-3H3. The predicted octanol–water partition coefficient (Wildman–Crippen LogP) is 3.62. The molecular weight excluding hydrogens is 313 g/mol. The summed E-state index contributed by atoms with van der Waals surface area (Å²) in [5.74, 6) is 0.746. The molecule has 7 heteroatoms. The van der Waals surface area contributed by atoms with E-state index in [2.05, 4.69) is 15.3 Å². The minimum Gasteiger partial charge on any atom is -0.491 e. The minimum absolute atomic E-state index is 0.0954. The lowest BCUT2D eigenvalue weighted by molar-refractivity contribution is 0.344. The fourth-order valence-corrected chi connectivity index (χ4v) is 2.24. The van der Waals surface area contributed by atoms with Crippen molar-refractivity contribution in [3.8, 4) is 23.1 Å². The van der Waals surface area contributed by atoms with Crippen LogP contribution < -0.4 is 19.5 Å². The number of hydrogen-bond donors (Lipinski definition) is 1. The van der Waals surface area contributed by atoms with Gasteiger partial charge in [0.25, 0.3) is 5.88 Å². The van der Waals surface area contributed by atoms with E-state index in [0.717, 1.165) is 0 Å². The second-order valence-electron chi connectivity index (χ2n) is 4.87. The zero-order chi connectivity index (χ0) is 17.1. The molecule has 1 N–H and O–H groups in total. The van der Waals surface area contributed by atoms with E-state index in [4.69, 9.17) is 14.2 Å². The average molecular weight is 329 g/mol. The molecule has 0 aliphatic rings. The molecule has 0 radical (unpaired) electrons. The summed E-state index contributed by atoms with van der Waals surface area (Å²) in [5, 5.41) is 2.87. The molecule has 124 valence electrons. The van der Waals surface area contributed by atoms with Gasteiger partial charge in [0.15, 0.2) is 23.1 Å². The molecule has 0 saturated heterocycles. The summed E-state index contributed by atoms with van der Waals surface area (Å²) in [6, 6.07) is 7.93. The van der Waals surface area contributed by atoms with Crippen LogP contribution in [0.3, 0.4) is 0 Å². The van der Waals surface area contributed by atoms with Gasteiger partial charge in [-0.05, 0) is 12.1 Å². The van der Waals surface area contributed by atoms with Gasteiger partial charge in [0.05, 0.1) is 19.7 Å². The summed E-state index contributed by atoms with van der Waals surface area (Å²) >= 11 is 0. The van der Waals surface area contributed by atoms with Gasteiger partial charge in [-0.1, -0.05) is 0 Å². The number of halogens is 1. The van der Waals surface area contributed by atoms with E-state index in [0.29, 0.717) is 34.1 Å². The molecule has 0 spiro atoms. The lowest BCUT2D eigenvalue weighted by Crippen LogP contribution is -1.97. The van der Waals surface area contributed by atoms with Crippen molar-refractivity contribution in [2.24, 2.45) is 0 Å². The Balaban J connectivity index is 2.06. The number of hydrogen-bond acceptors (Lipinski definition) is 6. The first-order chi connectivity index (χ1) is 11.7. The fourth-order valence-electron chi connectivity index (χ4n) is 2.24. The third-order valence-electron chi connectivity index (χ3n) is 3.46. The van der Waals surface area contributed by atoms with Crippen LogP contribution in [-0.2, 0) is 0 Å². The highest BCUT2D eigenvalue weighted by Gasteiger charge is 2.14. The van der Waals surface area contributed by atoms with Crippen LogP contribution in [-0.4, -0.2) is 31.2 Å². The first kappa shape index (κ1) is 15.8. The minimum atomic E-state index is -0.479. The third-order valence-corrected chi connectivity index (χ3v) is 3.46. The highest BCUT2D eigenvalue weighted by atomic mass is 19.1. The van der Waals surface area contributed by atoms with Crippen LogP contribution in [0.1, 0.15) is 0 Å². The number of methoxy groups -OCH3 is 2. The maximum atomic E-state index is 14.1. The normalized spacial score (nSPS) is 10.5. The largest absolute Gasteiger partial charge is 0.491 e. The summed E-state index contributed by atoms with van der Waals surface area (Å²) in [5.41, 5.74) is 1.66. The van der Waals surface area contributed by atoms with Gasteiger partial charge in [-0.2, -0.15) is 0 Å². The summed E-state index contributed by atoms with van der Waals surface area (Å²) in [7, 11) is 4.73. The van der Waals surface area contributed by atoms with Gasteiger partial charge >= 0.3 is 0 Å². The van der Waals surface area contributed by atoms with Crippen molar-refractivity contribution in [2.75, 3.05) is 26.6 Å². The SMILES string of the molecule is CNc1ccc(Oc2ccnc3cc(OC)c(OC)nc23)c(F)c1. The van der Waals surface area contributed by atoms with Crippen LogP contribution >= 0.6 is 0 Å². The molecule has 0 unspecified atom stereocenters. The Hall–Kier alpha value is -3.09. The van der Waals surface area contributed by atoms with Crippen molar-refractivity contribution in [1.82, 2.24) is 9.97 Å². The molecule has 0 saturated carbocycles. The molecule has 6 nitrogen and oxygen atoms in total. The second-order valence-corrected chi connectivity index (χ2v) is 4.87. The quantitative estimate of drug-likeness (QED) is 0.771. The van der Waals surface area contributed by atoms with Gasteiger partial charge < -0.3 is 19.5 Å². The van der Waals surface area contributed by atoms with Crippen LogP contribution in [0.5, 0.6) is 23.1 Å². The molecule has 0 aliphatic carbocycles. The van der Waals surface area contributed by atoms with Crippen molar-refractivity contribution in [3.63, 3.8) is 0 Å². The number of nitrogens with zero attached hydrogens (tertiary/aromatic N) is 2. The Morgan fingerprint density at radius 3 is 2.50 bits per heavy atom. The first-order valence-corrected chi connectivity index (χ1v) is 7.19. The van der Waals surface area contributed by atoms with Crippen LogP contribution in [0.2, 0.25) is 0 Å². The van der Waals surface area contributed by atoms with Gasteiger partial charge in [-0.25, -0.2) is 9.37 Å². The number of aromatic nitrogens is 2. The van der Waals surface area contributed by atoms with Crippen LogP contribution in [0, 0.1) is 5.82 Å². The Bertz CT molecular complexity index is 886. The van der Waals surface area contributed by atoms with Gasteiger partial charge in [-0.15, -0.1) is 0 Å². The molecule has 2 heterocycles. The molecule has 3 rings (SSSR count). The van der Waals surface area contributed by atoms with Crippen molar-refractivity contribution in [1.29, 1.82) is 0 Å². The number of benzene rings is 1. The van der Waals surface area contributed by atoms with E-state index in [-0.39, 0.29) is 5.75 Å². The van der Waals surface area contributed by atoms with E-state index in [9.17, 15) is 4.39 Å². The molecule has 0 atom stereocenters. The van der Waals surface area contributed by atoms with Gasteiger partial charge in [0.1, 0.15) is 5.52 Å². The Morgan fingerprint density at radius 2 is 1.83 bits per heavy atom. The van der Waals surface area contributed by atoms with Crippen LogP contribution in [0.4, 0.5) is 10.1 Å². The molecule has 24 heavy (non-hydrogen) atoms. The number of fused-ring (bicyclic) bond motifs is 1. The fraction of sp³-hybridized carbons (Fsp3) is 0.176. The highest BCUT2D eigenvalue weighted by molar-refractivity contribution is 5.83. The topological polar surface area (TPSA) is 65.5 Å². The average Bonchev–Trinajstić information content (AvgIpc) is 2.62. The van der Waals surface area contributed by atoms with Gasteiger partial charge in [0, 0.05) is 37.1 Å². The molecule has 3 aromatic rings. The van der Waals surface area contributed by atoms with Gasteiger partial charge in [0.2, 0.25) is 0 Å². The van der Waals surface area contributed by atoms with E-state index in [1.54, 1.807) is 37.5 Å². The van der Waals surface area contributed by atoms with Crippen molar-refractivity contribution < 1.29 is 18.6 Å². The number of pyridine rings is 2. The van der Waals surface area contributed by atoms with Gasteiger partial charge in [-0.3, -0.25) is 4.98 Å². The van der Waals surface area contributed by atoms with Crippen molar-refractivity contribution >= 4 is 16.7 Å². The van der Waals surface area contributed by atoms with E-state index in [1.807, 2.05) is 0 Å². The molecular formula is C17H16FN3O3. The second kappa shape index (κ2) is 6.57. The molecule has 0 fully saturated rings. The first-order valence-electron chi connectivity index (χ1n) is 7.19.